The van der Waals surface area contributed by atoms with Gasteiger partial charge in [0.25, 0.3) is 11.8 Å². The van der Waals surface area contributed by atoms with Gasteiger partial charge in [-0.2, -0.15) is 5.10 Å². The van der Waals surface area contributed by atoms with Crippen molar-refractivity contribution in [1.29, 1.82) is 0 Å². The van der Waals surface area contributed by atoms with Gasteiger partial charge in [0.05, 0.1) is 11.8 Å². The zero-order valence-corrected chi connectivity index (χ0v) is 20.3. The van der Waals surface area contributed by atoms with E-state index >= 15 is 0 Å². The highest BCUT2D eigenvalue weighted by Crippen LogP contribution is 2.33. The number of nitrogens with one attached hydrogen (secondary N) is 2. The first kappa shape index (κ1) is 25.0. The minimum absolute atomic E-state index is 0.0505. The molecule has 0 radical (unpaired) electrons. The first-order valence-electron chi connectivity index (χ1n) is 11.7. The fourth-order valence-electron chi connectivity index (χ4n) is 3.71. The van der Waals surface area contributed by atoms with Crippen molar-refractivity contribution in [3.8, 4) is 22.8 Å². The first-order valence-corrected chi connectivity index (χ1v) is 11.7. The van der Waals surface area contributed by atoms with Crippen LogP contribution < -0.4 is 20.2 Å². The van der Waals surface area contributed by atoms with Gasteiger partial charge in [0.2, 0.25) is 6.79 Å². The van der Waals surface area contributed by atoms with Crippen molar-refractivity contribution < 1.29 is 33.4 Å². The second-order valence-electron chi connectivity index (χ2n) is 8.28. The van der Waals surface area contributed by atoms with E-state index in [1.54, 1.807) is 72.8 Å². The number of hydrogen-bond donors (Lipinski definition) is 3. The van der Waals surface area contributed by atoms with Crippen LogP contribution in [0.1, 0.15) is 32.0 Å². The Morgan fingerprint density at radius 3 is 2.46 bits per heavy atom. The average molecular weight is 524 g/mol. The Hall–Kier alpha value is -5.64. The van der Waals surface area contributed by atoms with Gasteiger partial charge in [-0.3, -0.25) is 9.59 Å². The van der Waals surface area contributed by atoms with Gasteiger partial charge < -0.3 is 24.3 Å². The van der Waals surface area contributed by atoms with E-state index in [0.717, 1.165) is 0 Å². The number of benzene rings is 3. The number of hydrogen-bond acceptors (Lipinski definition) is 7. The highest BCUT2D eigenvalue weighted by Gasteiger charge is 2.17. The number of ether oxygens (including phenoxy) is 2. The summed E-state index contributed by atoms with van der Waals surface area (Å²) in [5.41, 5.74) is 4.02. The molecule has 10 heteroatoms. The fraction of sp³-hybridized carbons (Fsp3) is 0.0345. The Morgan fingerprint density at radius 1 is 0.846 bits per heavy atom. The maximum Gasteiger partial charge on any atom is 0.335 e. The molecule has 3 aromatic carbocycles. The average Bonchev–Trinajstić information content (AvgIpc) is 3.63. The molecule has 4 aromatic rings. The standard InChI is InChI=1S/C29H21N3O7/c33-27(19-5-2-1-3-6-19)31-23(13-18-9-11-25-26(14-18)38-17-37-25)28(34)32-30-16-22-10-12-24(39-22)20-7-4-8-21(15-20)29(35)36/h1-16H,17H2,(H,31,33)(H,32,34)(H,35,36)/b23-13+,30-16-. The monoisotopic (exact) mass is 523 g/mol. The molecule has 0 atom stereocenters. The van der Waals surface area contributed by atoms with E-state index in [9.17, 15) is 19.5 Å². The van der Waals surface area contributed by atoms with Crippen molar-refractivity contribution in [3.05, 3.63) is 113 Å². The van der Waals surface area contributed by atoms with Crippen LogP contribution in [-0.2, 0) is 4.79 Å². The van der Waals surface area contributed by atoms with Crippen molar-refractivity contribution in [2.45, 2.75) is 0 Å². The summed E-state index contributed by atoms with van der Waals surface area (Å²) in [6.45, 7) is 0.106. The molecule has 0 unspecified atom stereocenters. The molecule has 0 spiro atoms. The Bertz CT molecular complexity index is 1610. The number of rotatable bonds is 8. The second kappa shape index (κ2) is 11.2. The summed E-state index contributed by atoms with van der Waals surface area (Å²) in [4.78, 5) is 37.0. The smallest absolute Gasteiger partial charge is 0.335 e. The molecule has 2 amide bonds. The zero-order chi connectivity index (χ0) is 27.2. The van der Waals surface area contributed by atoms with E-state index in [4.69, 9.17) is 13.9 Å². The number of nitrogens with zero attached hydrogens (tertiary/aromatic N) is 1. The first-order chi connectivity index (χ1) is 19.0. The SMILES string of the molecule is O=C(N/N=C\c1ccc(-c2cccc(C(=O)O)c2)o1)/C(=C\c1ccc2c(c1)OCO2)NC(=O)c1ccccc1. The van der Waals surface area contributed by atoms with Gasteiger partial charge in [0, 0.05) is 11.1 Å². The minimum atomic E-state index is -1.04. The summed E-state index contributed by atoms with van der Waals surface area (Å²) < 4.78 is 16.4. The topological polar surface area (TPSA) is 139 Å². The number of amides is 2. The van der Waals surface area contributed by atoms with E-state index < -0.39 is 17.8 Å². The van der Waals surface area contributed by atoms with Crippen molar-refractivity contribution in [1.82, 2.24) is 10.7 Å². The Kier molecular flexibility index (Phi) is 7.17. The molecule has 0 saturated heterocycles. The predicted octanol–water partition coefficient (Wildman–Crippen LogP) is 4.29. The molecule has 194 valence electrons. The number of carboxylic acids is 1. The number of furan rings is 1. The summed E-state index contributed by atoms with van der Waals surface area (Å²) in [5, 5.41) is 15.8. The molecule has 0 aliphatic carbocycles. The molecule has 0 fully saturated rings. The number of carbonyl (C=O) groups excluding carboxylic acids is 2. The van der Waals surface area contributed by atoms with Crippen molar-refractivity contribution in [2.75, 3.05) is 6.79 Å². The van der Waals surface area contributed by atoms with Crippen LogP contribution >= 0.6 is 0 Å². The number of carbonyl (C=O) groups is 3. The van der Waals surface area contributed by atoms with Gasteiger partial charge in [0.1, 0.15) is 17.2 Å². The van der Waals surface area contributed by atoms with Crippen LogP contribution in [0.4, 0.5) is 0 Å². The Morgan fingerprint density at radius 2 is 1.64 bits per heavy atom. The molecule has 0 bridgehead atoms. The van der Waals surface area contributed by atoms with Crippen LogP contribution in [0.3, 0.4) is 0 Å². The maximum absolute atomic E-state index is 13.0. The number of aromatic carboxylic acids is 1. The van der Waals surface area contributed by atoms with Crippen LogP contribution in [0.5, 0.6) is 11.5 Å². The number of hydrazone groups is 1. The van der Waals surface area contributed by atoms with Crippen LogP contribution in [-0.4, -0.2) is 35.9 Å². The van der Waals surface area contributed by atoms with Gasteiger partial charge in [0.15, 0.2) is 11.5 Å². The molecule has 39 heavy (non-hydrogen) atoms. The molecular formula is C29H21N3O7. The van der Waals surface area contributed by atoms with Gasteiger partial charge in [-0.15, -0.1) is 0 Å². The number of fused-ring (bicyclic) bond motifs is 1. The highest BCUT2D eigenvalue weighted by atomic mass is 16.7. The molecule has 2 heterocycles. The summed E-state index contributed by atoms with van der Waals surface area (Å²) >= 11 is 0. The van der Waals surface area contributed by atoms with Crippen molar-refractivity contribution >= 4 is 30.1 Å². The lowest BCUT2D eigenvalue weighted by Crippen LogP contribution is -2.32. The molecule has 10 nitrogen and oxygen atoms in total. The van der Waals surface area contributed by atoms with Gasteiger partial charge >= 0.3 is 5.97 Å². The summed E-state index contributed by atoms with van der Waals surface area (Å²) in [5.74, 6) is -0.320. The van der Waals surface area contributed by atoms with Gasteiger partial charge in [-0.1, -0.05) is 36.4 Å². The molecule has 5 rings (SSSR count). The normalized spacial score (nSPS) is 12.4. The molecular weight excluding hydrogens is 502 g/mol. The van der Waals surface area contributed by atoms with Crippen LogP contribution in [0.15, 0.2) is 100 Å². The third-order valence-electron chi connectivity index (χ3n) is 5.62. The van der Waals surface area contributed by atoms with Crippen LogP contribution in [0.2, 0.25) is 0 Å². The van der Waals surface area contributed by atoms with Crippen molar-refractivity contribution in [2.24, 2.45) is 5.10 Å². The number of carboxylic acid groups (broad SMARTS) is 1. The van der Waals surface area contributed by atoms with Crippen LogP contribution in [0.25, 0.3) is 17.4 Å². The largest absolute Gasteiger partial charge is 0.478 e. The Balaban J connectivity index is 1.33. The third kappa shape index (κ3) is 6.03. The zero-order valence-electron chi connectivity index (χ0n) is 20.3. The maximum atomic E-state index is 13.0. The molecule has 0 saturated carbocycles. The molecule has 1 aliphatic rings. The summed E-state index contributed by atoms with van der Waals surface area (Å²) in [7, 11) is 0. The van der Waals surface area contributed by atoms with E-state index in [-0.39, 0.29) is 18.1 Å². The minimum Gasteiger partial charge on any atom is -0.478 e. The van der Waals surface area contributed by atoms with Crippen LogP contribution in [0, 0.1) is 0 Å². The quantitative estimate of drug-likeness (QED) is 0.178. The predicted molar refractivity (Wildman–Crippen MR) is 141 cm³/mol. The summed E-state index contributed by atoms with van der Waals surface area (Å²) in [6, 6.07) is 23.2. The summed E-state index contributed by atoms with van der Waals surface area (Å²) in [6.07, 6.45) is 2.79. The van der Waals surface area contributed by atoms with Gasteiger partial charge in [-0.25, -0.2) is 10.2 Å². The molecule has 1 aromatic heterocycles. The second-order valence-corrected chi connectivity index (χ2v) is 8.28. The van der Waals surface area contributed by atoms with Crippen molar-refractivity contribution in [3.63, 3.8) is 0 Å². The lowest BCUT2D eigenvalue weighted by Gasteiger charge is -2.09. The van der Waals surface area contributed by atoms with E-state index in [1.807, 2.05) is 0 Å². The lowest BCUT2D eigenvalue weighted by atomic mass is 10.1. The van der Waals surface area contributed by atoms with E-state index in [1.165, 1.54) is 24.4 Å². The van der Waals surface area contributed by atoms with Gasteiger partial charge in [-0.05, 0) is 60.2 Å². The highest BCUT2D eigenvalue weighted by molar-refractivity contribution is 6.05. The van der Waals surface area contributed by atoms with E-state index in [0.29, 0.717) is 39.7 Å². The lowest BCUT2D eigenvalue weighted by molar-refractivity contribution is -0.117. The molecule has 3 N–H and O–H groups in total. The van der Waals surface area contributed by atoms with E-state index in [2.05, 4.69) is 15.8 Å². The Labute approximate surface area is 222 Å². The third-order valence-corrected chi connectivity index (χ3v) is 5.62. The fourth-order valence-corrected chi connectivity index (χ4v) is 3.71. The molecule has 1 aliphatic heterocycles.